The summed E-state index contributed by atoms with van der Waals surface area (Å²) in [6, 6.07) is 5.68. The number of hydrogen-bond acceptors (Lipinski definition) is 8. The number of fused-ring (bicyclic) bond motifs is 1. The highest BCUT2D eigenvalue weighted by atomic mass is 32.1. The molecule has 3 rings (SSSR count). The van der Waals surface area contributed by atoms with Crippen molar-refractivity contribution in [3.05, 3.63) is 40.5 Å². The molecule has 2 heterocycles. The van der Waals surface area contributed by atoms with Crippen LogP contribution in [0.2, 0.25) is 0 Å². The van der Waals surface area contributed by atoms with Crippen molar-refractivity contribution in [1.82, 2.24) is 15.3 Å². The third-order valence-electron chi connectivity index (χ3n) is 4.42. The van der Waals surface area contributed by atoms with Crippen LogP contribution in [0.3, 0.4) is 0 Å². The molecule has 8 nitrogen and oxygen atoms in total. The first-order chi connectivity index (χ1) is 14.0. The van der Waals surface area contributed by atoms with Gasteiger partial charge in [0.05, 0.1) is 30.6 Å². The number of aryl methyl sites for hydroxylation is 1. The SMILES string of the molecule is COc1cccc(CNc2ncnc3sc(C(=O)NC[C@@H](C)O)c(C)c23)c1OC. The standard InChI is InChI=1S/C20H24N4O4S/c1-11(25)8-22-19(26)17-12(2)15-18(23-10-24-20(15)29-17)21-9-13-6-5-7-14(27-3)16(13)28-4/h5-7,10-11,25H,8-9H2,1-4H3,(H,22,26)(H,21,23,24)/t11-/m1/s1. The van der Waals surface area contributed by atoms with Crippen molar-refractivity contribution in [2.45, 2.75) is 26.5 Å². The van der Waals surface area contributed by atoms with Crippen LogP contribution in [-0.2, 0) is 6.54 Å². The van der Waals surface area contributed by atoms with E-state index >= 15 is 0 Å². The number of methoxy groups -OCH3 is 2. The maximum absolute atomic E-state index is 12.5. The molecule has 9 heteroatoms. The number of carbonyl (C=O) groups is 1. The van der Waals surface area contributed by atoms with Crippen molar-refractivity contribution < 1.29 is 19.4 Å². The number of benzene rings is 1. The third-order valence-corrected chi connectivity index (χ3v) is 5.62. The Morgan fingerprint density at radius 2 is 2.07 bits per heavy atom. The Labute approximate surface area is 172 Å². The van der Waals surface area contributed by atoms with Crippen LogP contribution in [0.5, 0.6) is 11.5 Å². The number of rotatable bonds is 8. The fraction of sp³-hybridized carbons (Fsp3) is 0.350. The summed E-state index contributed by atoms with van der Waals surface area (Å²) in [7, 11) is 3.20. The number of para-hydroxylation sites is 1. The van der Waals surface area contributed by atoms with Gasteiger partial charge in [-0.25, -0.2) is 9.97 Å². The van der Waals surface area contributed by atoms with Gasteiger partial charge >= 0.3 is 0 Å². The molecular weight excluding hydrogens is 392 g/mol. The number of thiophene rings is 1. The molecule has 0 aliphatic rings. The summed E-state index contributed by atoms with van der Waals surface area (Å²) in [5, 5.41) is 16.3. The molecule has 3 N–H and O–H groups in total. The van der Waals surface area contributed by atoms with E-state index in [0.29, 0.717) is 28.7 Å². The van der Waals surface area contributed by atoms with Gasteiger partial charge in [-0.05, 0) is 25.5 Å². The molecule has 1 atom stereocenters. The van der Waals surface area contributed by atoms with Crippen LogP contribution >= 0.6 is 11.3 Å². The smallest absolute Gasteiger partial charge is 0.261 e. The number of anilines is 1. The second-order valence-corrected chi connectivity index (χ2v) is 7.52. The highest BCUT2D eigenvalue weighted by Gasteiger charge is 2.20. The van der Waals surface area contributed by atoms with Crippen LogP contribution in [0, 0.1) is 6.92 Å². The van der Waals surface area contributed by atoms with E-state index in [9.17, 15) is 9.90 Å². The second-order valence-electron chi connectivity index (χ2n) is 6.52. The van der Waals surface area contributed by atoms with Crippen molar-refractivity contribution in [1.29, 1.82) is 0 Å². The summed E-state index contributed by atoms with van der Waals surface area (Å²) in [4.78, 5) is 22.4. The van der Waals surface area contributed by atoms with Crippen molar-refractivity contribution in [2.24, 2.45) is 0 Å². The lowest BCUT2D eigenvalue weighted by Gasteiger charge is -2.13. The fourth-order valence-electron chi connectivity index (χ4n) is 3.01. The molecule has 29 heavy (non-hydrogen) atoms. The number of hydrogen-bond donors (Lipinski definition) is 3. The van der Waals surface area contributed by atoms with Gasteiger partial charge in [0.1, 0.15) is 17.0 Å². The zero-order chi connectivity index (χ0) is 21.0. The van der Waals surface area contributed by atoms with Crippen molar-refractivity contribution >= 4 is 33.3 Å². The number of carbonyl (C=O) groups excluding carboxylic acids is 1. The van der Waals surface area contributed by atoms with Crippen LogP contribution in [0.1, 0.15) is 27.7 Å². The van der Waals surface area contributed by atoms with Crippen LogP contribution in [-0.4, -0.2) is 47.8 Å². The molecule has 0 bridgehead atoms. The Hall–Kier alpha value is -2.91. The first-order valence-corrected chi connectivity index (χ1v) is 9.92. The average molecular weight is 417 g/mol. The van der Waals surface area contributed by atoms with Gasteiger partial charge in [0.2, 0.25) is 0 Å². The van der Waals surface area contributed by atoms with E-state index in [1.807, 2.05) is 25.1 Å². The van der Waals surface area contributed by atoms with Crippen LogP contribution in [0.15, 0.2) is 24.5 Å². The van der Waals surface area contributed by atoms with Gasteiger partial charge in [0.15, 0.2) is 11.5 Å². The highest BCUT2D eigenvalue weighted by Crippen LogP contribution is 2.35. The largest absolute Gasteiger partial charge is 0.493 e. The first-order valence-electron chi connectivity index (χ1n) is 9.10. The number of aliphatic hydroxyl groups is 1. The molecular formula is C20H24N4O4S. The van der Waals surface area contributed by atoms with E-state index in [-0.39, 0.29) is 12.5 Å². The summed E-state index contributed by atoms with van der Waals surface area (Å²) in [5.41, 5.74) is 1.72. The van der Waals surface area contributed by atoms with E-state index < -0.39 is 6.10 Å². The molecule has 0 saturated carbocycles. The predicted molar refractivity (Wildman–Crippen MR) is 113 cm³/mol. The first kappa shape index (κ1) is 20.8. The highest BCUT2D eigenvalue weighted by molar-refractivity contribution is 7.20. The quantitative estimate of drug-likeness (QED) is 0.518. The van der Waals surface area contributed by atoms with Gasteiger partial charge in [0.25, 0.3) is 5.91 Å². The summed E-state index contributed by atoms with van der Waals surface area (Å²) < 4.78 is 10.8. The van der Waals surface area contributed by atoms with E-state index in [0.717, 1.165) is 21.3 Å². The van der Waals surface area contributed by atoms with E-state index in [2.05, 4.69) is 20.6 Å². The molecule has 0 spiro atoms. The molecule has 3 aromatic rings. The Balaban J connectivity index is 1.89. The Morgan fingerprint density at radius 3 is 2.76 bits per heavy atom. The third kappa shape index (κ3) is 4.41. The Morgan fingerprint density at radius 1 is 1.28 bits per heavy atom. The van der Waals surface area contributed by atoms with Gasteiger partial charge in [-0.2, -0.15) is 0 Å². The molecule has 0 fully saturated rings. The van der Waals surface area contributed by atoms with Gasteiger partial charge in [-0.1, -0.05) is 12.1 Å². The Bertz CT molecular complexity index is 1020. The van der Waals surface area contributed by atoms with Gasteiger partial charge in [-0.15, -0.1) is 11.3 Å². The van der Waals surface area contributed by atoms with Crippen molar-refractivity contribution in [2.75, 3.05) is 26.1 Å². The van der Waals surface area contributed by atoms with Gasteiger partial charge < -0.3 is 25.2 Å². The Kier molecular flexibility index (Phi) is 6.50. The molecule has 0 saturated heterocycles. The van der Waals surface area contributed by atoms with Gasteiger partial charge in [-0.3, -0.25) is 4.79 Å². The molecule has 0 radical (unpaired) electrons. The van der Waals surface area contributed by atoms with E-state index in [1.54, 1.807) is 21.1 Å². The number of ether oxygens (including phenoxy) is 2. The zero-order valence-electron chi connectivity index (χ0n) is 16.8. The minimum atomic E-state index is -0.608. The molecule has 1 amide bonds. The number of aliphatic hydroxyl groups excluding tert-OH is 1. The monoisotopic (exact) mass is 416 g/mol. The molecule has 0 aliphatic heterocycles. The zero-order valence-corrected chi connectivity index (χ0v) is 17.6. The maximum atomic E-state index is 12.5. The fourth-order valence-corrected chi connectivity index (χ4v) is 4.08. The van der Waals surface area contributed by atoms with Crippen molar-refractivity contribution in [3.63, 3.8) is 0 Å². The van der Waals surface area contributed by atoms with Crippen LogP contribution in [0.25, 0.3) is 10.2 Å². The van der Waals surface area contributed by atoms with Crippen LogP contribution in [0.4, 0.5) is 5.82 Å². The number of nitrogens with one attached hydrogen (secondary N) is 2. The summed E-state index contributed by atoms with van der Waals surface area (Å²) in [6.45, 7) is 4.15. The molecule has 2 aromatic heterocycles. The normalized spacial score (nSPS) is 11.9. The van der Waals surface area contributed by atoms with E-state index in [1.165, 1.54) is 17.7 Å². The van der Waals surface area contributed by atoms with E-state index in [4.69, 9.17) is 9.47 Å². The van der Waals surface area contributed by atoms with Crippen LogP contribution < -0.4 is 20.1 Å². The number of aromatic nitrogens is 2. The number of nitrogens with zero attached hydrogens (tertiary/aromatic N) is 2. The molecule has 0 unspecified atom stereocenters. The van der Waals surface area contributed by atoms with Gasteiger partial charge in [0, 0.05) is 18.7 Å². The molecule has 154 valence electrons. The second kappa shape index (κ2) is 9.06. The lowest BCUT2D eigenvalue weighted by atomic mass is 10.1. The summed E-state index contributed by atoms with van der Waals surface area (Å²) in [5.74, 6) is 1.73. The lowest BCUT2D eigenvalue weighted by molar-refractivity contribution is 0.0927. The minimum absolute atomic E-state index is 0.193. The molecule has 0 aliphatic carbocycles. The summed E-state index contributed by atoms with van der Waals surface area (Å²) in [6.07, 6.45) is 0.865. The predicted octanol–water partition coefficient (Wildman–Crippen LogP) is 2.74. The maximum Gasteiger partial charge on any atom is 0.261 e. The number of amides is 1. The molecule has 1 aromatic carbocycles. The lowest BCUT2D eigenvalue weighted by Crippen LogP contribution is -2.30. The topological polar surface area (TPSA) is 106 Å². The minimum Gasteiger partial charge on any atom is -0.493 e. The average Bonchev–Trinajstić information content (AvgIpc) is 3.07. The summed E-state index contributed by atoms with van der Waals surface area (Å²) >= 11 is 1.30. The van der Waals surface area contributed by atoms with Crippen molar-refractivity contribution in [3.8, 4) is 11.5 Å².